The second kappa shape index (κ2) is 5.85. The van der Waals surface area contributed by atoms with Crippen LogP contribution in [0.25, 0.3) is 10.9 Å². The van der Waals surface area contributed by atoms with E-state index in [-0.39, 0.29) is 18.1 Å². The molecule has 0 bridgehead atoms. The Bertz CT molecular complexity index is 643. The fraction of sp³-hybridized carbons (Fsp3) is 0.438. The number of aliphatic hydroxyl groups is 1. The van der Waals surface area contributed by atoms with Crippen molar-refractivity contribution in [3.8, 4) is 0 Å². The topological polar surface area (TPSA) is 56.3 Å². The van der Waals surface area contributed by atoms with Crippen LogP contribution in [0.5, 0.6) is 0 Å². The molecule has 0 aliphatic rings. The molecule has 1 aromatic heterocycles. The monoisotopic (exact) mass is 292 g/mol. The van der Waals surface area contributed by atoms with Crippen molar-refractivity contribution < 1.29 is 14.3 Å². The zero-order valence-electron chi connectivity index (χ0n) is 12.6. The minimum Gasteiger partial charge on any atom is -0.389 e. The zero-order valence-corrected chi connectivity index (χ0v) is 12.6. The van der Waals surface area contributed by atoms with Crippen LogP contribution in [-0.2, 0) is 11.2 Å². The number of benzene rings is 1. The summed E-state index contributed by atoms with van der Waals surface area (Å²) in [7, 11) is 0. The summed E-state index contributed by atoms with van der Waals surface area (Å²) in [6.07, 6.45) is 1.97. The molecule has 0 aliphatic heterocycles. The highest BCUT2D eigenvalue weighted by molar-refractivity contribution is 5.89. The van der Waals surface area contributed by atoms with Crippen LogP contribution in [0.1, 0.15) is 26.3 Å². The third-order valence-electron chi connectivity index (χ3n) is 3.38. The number of carbonyl (C=O) groups is 1. The lowest BCUT2D eigenvalue weighted by Crippen LogP contribution is -2.42. The first-order valence-corrected chi connectivity index (χ1v) is 7.06. The first-order chi connectivity index (χ1) is 9.80. The normalized spacial score (nSPS) is 11.9. The van der Waals surface area contributed by atoms with Gasteiger partial charge in [0, 0.05) is 30.2 Å². The number of hydrogen-bond donors (Lipinski definition) is 2. The number of halogens is 1. The summed E-state index contributed by atoms with van der Waals surface area (Å²) >= 11 is 0. The number of rotatable bonds is 5. The second-order valence-electron chi connectivity index (χ2n) is 5.90. The molecular weight excluding hydrogens is 271 g/mol. The summed E-state index contributed by atoms with van der Waals surface area (Å²) in [5.74, 6) is -0.357. The molecule has 0 spiro atoms. The first-order valence-electron chi connectivity index (χ1n) is 7.06. The van der Waals surface area contributed by atoms with Gasteiger partial charge >= 0.3 is 0 Å². The van der Waals surface area contributed by atoms with Gasteiger partial charge in [-0.1, -0.05) is 0 Å². The van der Waals surface area contributed by atoms with Crippen molar-refractivity contribution in [1.82, 2.24) is 9.88 Å². The molecule has 0 saturated carbocycles. The van der Waals surface area contributed by atoms with Crippen molar-refractivity contribution in [2.75, 3.05) is 13.1 Å². The molecule has 0 fully saturated rings. The molecule has 114 valence electrons. The maximum atomic E-state index is 13.2. The van der Waals surface area contributed by atoms with E-state index in [0.717, 1.165) is 10.9 Å². The second-order valence-corrected chi connectivity index (χ2v) is 5.90. The molecular formula is C16H21FN2O2. The standard InChI is InChI=1S/C16H21FN2O2/c1-4-19(10-16(2,3)21)15(20)7-11-9-18-14-8-12(17)5-6-13(11)14/h5-6,8-9,18,21H,4,7,10H2,1-3H3. The average Bonchev–Trinajstić information content (AvgIpc) is 2.77. The summed E-state index contributed by atoms with van der Waals surface area (Å²) in [6, 6.07) is 4.48. The van der Waals surface area contributed by atoms with Gasteiger partial charge in [0.15, 0.2) is 0 Å². The lowest BCUT2D eigenvalue weighted by atomic mass is 10.1. The average molecular weight is 292 g/mol. The van der Waals surface area contributed by atoms with E-state index in [1.54, 1.807) is 31.0 Å². The Hall–Kier alpha value is -1.88. The molecule has 2 N–H and O–H groups in total. The molecule has 1 amide bonds. The van der Waals surface area contributed by atoms with E-state index in [0.29, 0.717) is 18.6 Å². The van der Waals surface area contributed by atoms with Crippen LogP contribution in [0.3, 0.4) is 0 Å². The van der Waals surface area contributed by atoms with Crippen LogP contribution in [0.15, 0.2) is 24.4 Å². The highest BCUT2D eigenvalue weighted by Crippen LogP contribution is 2.20. The van der Waals surface area contributed by atoms with E-state index >= 15 is 0 Å². The van der Waals surface area contributed by atoms with Crippen molar-refractivity contribution in [2.45, 2.75) is 32.8 Å². The largest absolute Gasteiger partial charge is 0.389 e. The van der Waals surface area contributed by atoms with Crippen LogP contribution >= 0.6 is 0 Å². The minimum atomic E-state index is -0.922. The maximum absolute atomic E-state index is 13.2. The minimum absolute atomic E-state index is 0.0511. The Labute approximate surface area is 123 Å². The highest BCUT2D eigenvalue weighted by Gasteiger charge is 2.22. The van der Waals surface area contributed by atoms with Gasteiger partial charge in [0.2, 0.25) is 5.91 Å². The van der Waals surface area contributed by atoms with Crippen molar-refractivity contribution in [2.24, 2.45) is 0 Å². The van der Waals surface area contributed by atoms with E-state index in [1.807, 2.05) is 6.92 Å². The van der Waals surface area contributed by atoms with Gasteiger partial charge in [-0.2, -0.15) is 0 Å². The fourth-order valence-corrected chi connectivity index (χ4v) is 2.42. The lowest BCUT2D eigenvalue weighted by Gasteiger charge is -2.28. The number of hydrogen-bond acceptors (Lipinski definition) is 2. The van der Waals surface area contributed by atoms with Gasteiger partial charge in [-0.3, -0.25) is 4.79 Å². The van der Waals surface area contributed by atoms with Crippen molar-refractivity contribution >= 4 is 16.8 Å². The summed E-state index contributed by atoms with van der Waals surface area (Å²) in [4.78, 5) is 17.0. The van der Waals surface area contributed by atoms with Crippen molar-refractivity contribution in [1.29, 1.82) is 0 Å². The Kier molecular flexibility index (Phi) is 4.32. The van der Waals surface area contributed by atoms with Gasteiger partial charge in [-0.15, -0.1) is 0 Å². The number of nitrogens with zero attached hydrogens (tertiary/aromatic N) is 1. The Morgan fingerprint density at radius 2 is 2.14 bits per heavy atom. The molecule has 1 heterocycles. The predicted octanol–water partition coefficient (Wildman–Crippen LogP) is 2.47. The molecule has 1 aromatic carbocycles. The molecule has 21 heavy (non-hydrogen) atoms. The molecule has 0 aliphatic carbocycles. The lowest BCUT2D eigenvalue weighted by molar-refractivity contribution is -0.133. The quantitative estimate of drug-likeness (QED) is 0.889. The van der Waals surface area contributed by atoms with Crippen molar-refractivity contribution in [3.63, 3.8) is 0 Å². The molecule has 0 saturated heterocycles. The van der Waals surface area contributed by atoms with E-state index in [1.165, 1.54) is 12.1 Å². The number of aromatic amines is 1. The first kappa shape index (κ1) is 15.5. The highest BCUT2D eigenvalue weighted by atomic mass is 19.1. The predicted molar refractivity (Wildman–Crippen MR) is 80.5 cm³/mol. The molecule has 4 nitrogen and oxygen atoms in total. The summed E-state index contributed by atoms with van der Waals surface area (Å²) < 4.78 is 13.2. The Balaban J connectivity index is 2.17. The number of amides is 1. The Morgan fingerprint density at radius 1 is 1.43 bits per heavy atom. The van der Waals surface area contributed by atoms with Gasteiger partial charge in [0.1, 0.15) is 5.82 Å². The van der Waals surface area contributed by atoms with E-state index < -0.39 is 5.60 Å². The van der Waals surface area contributed by atoms with E-state index in [2.05, 4.69) is 4.98 Å². The smallest absolute Gasteiger partial charge is 0.227 e. The number of carbonyl (C=O) groups excluding carboxylic acids is 1. The number of nitrogens with one attached hydrogen (secondary N) is 1. The van der Waals surface area contributed by atoms with Gasteiger partial charge in [-0.05, 0) is 44.5 Å². The maximum Gasteiger partial charge on any atom is 0.227 e. The summed E-state index contributed by atoms with van der Waals surface area (Å²) in [6.45, 7) is 6.07. The molecule has 5 heteroatoms. The number of H-pyrrole nitrogens is 1. The summed E-state index contributed by atoms with van der Waals surface area (Å²) in [5, 5.41) is 10.7. The fourth-order valence-electron chi connectivity index (χ4n) is 2.42. The molecule has 2 rings (SSSR count). The summed E-state index contributed by atoms with van der Waals surface area (Å²) in [5.41, 5.74) is 0.599. The van der Waals surface area contributed by atoms with Gasteiger partial charge in [0.05, 0.1) is 12.0 Å². The molecule has 0 radical (unpaired) electrons. The van der Waals surface area contributed by atoms with Crippen LogP contribution in [0, 0.1) is 5.82 Å². The Morgan fingerprint density at radius 3 is 2.76 bits per heavy atom. The third-order valence-corrected chi connectivity index (χ3v) is 3.38. The van der Waals surface area contributed by atoms with Crippen LogP contribution in [0.4, 0.5) is 4.39 Å². The van der Waals surface area contributed by atoms with Gasteiger partial charge in [0.25, 0.3) is 0 Å². The SMILES string of the molecule is CCN(CC(C)(C)O)C(=O)Cc1c[nH]c2cc(F)ccc12. The van der Waals surface area contributed by atoms with Crippen LogP contribution in [-0.4, -0.2) is 39.6 Å². The zero-order chi connectivity index (χ0) is 15.6. The van der Waals surface area contributed by atoms with Gasteiger partial charge in [-0.25, -0.2) is 4.39 Å². The number of aromatic nitrogens is 1. The van der Waals surface area contributed by atoms with Crippen LogP contribution in [0.2, 0.25) is 0 Å². The molecule has 0 atom stereocenters. The van der Waals surface area contributed by atoms with E-state index in [9.17, 15) is 14.3 Å². The number of fused-ring (bicyclic) bond motifs is 1. The molecule has 0 unspecified atom stereocenters. The van der Waals surface area contributed by atoms with Gasteiger partial charge < -0.3 is 15.0 Å². The van der Waals surface area contributed by atoms with Crippen molar-refractivity contribution in [3.05, 3.63) is 35.8 Å². The number of likely N-dealkylation sites (N-methyl/N-ethyl adjacent to an activating group) is 1. The van der Waals surface area contributed by atoms with E-state index in [4.69, 9.17) is 0 Å². The third kappa shape index (κ3) is 3.82. The van der Waals surface area contributed by atoms with Crippen LogP contribution < -0.4 is 0 Å². The molecule has 2 aromatic rings.